The van der Waals surface area contributed by atoms with Gasteiger partial charge in [0.25, 0.3) is 0 Å². The molecule has 13 heteroatoms. The van der Waals surface area contributed by atoms with Crippen LogP contribution in [0.25, 0.3) is 65.9 Å². The molecule has 8 rings (SSSR count). The Morgan fingerprint density at radius 3 is 1.28 bits per heavy atom. The van der Waals surface area contributed by atoms with Gasteiger partial charge in [-0.25, -0.2) is 9.97 Å². The van der Waals surface area contributed by atoms with Crippen LogP contribution in [0.3, 0.4) is 0 Å². The molecular formula is C51H44F6N4OS2. The maximum atomic E-state index is 12.2. The van der Waals surface area contributed by atoms with Crippen LogP contribution in [0.4, 0.5) is 37.7 Å². The monoisotopic (exact) mass is 906 g/mol. The van der Waals surface area contributed by atoms with E-state index in [9.17, 15) is 31.4 Å². The van der Waals surface area contributed by atoms with Crippen LogP contribution in [0.1, 0.15) is 53.5 Å². The number of benzene rings is 6. The molecule has 328 valence electrons. The van der Waals surface area contributed by atoms with Crippen LogP contribution < -0.4 is 10.6 Å². The molecule has 0 fully saturated rings. The Morgan fingerprint density at radius 1 is 0.500 bits per heavy atom. The highest BCUT2D eigenvalue weighted by Gasteiger charge is 2.26. The number of aromatic hydroxyl groups is 1. The van der Waals surface area contributed by atoms with Crippen LogP contribution >= 0.6 is 22.7 Å². The van der Waals surface area contributed by atoms with Crippen molar-refractivity contribution in [1.82, 2.24) is 9.97 Å². The average Bonchev–Trinajstić information content (AvgIpc) is 3.90. The van der Waals surface area contributed by atoms with Crippen molar-refractivity contribution in [2.45, 2.75) is 45.0 Å². The molecule has 8 aromatic rings. The summed E-state index contributed by atoms with van der Waals surface area (Å²) in [5.41, 5.74) is 11.0. The first kappa shape index (κ1) is 45.6. The van der Waals surface area contributed by atoms with Gasteiger partial charge in [-0.05, 0) is 102 Å². The van der Waals surface area contributed by atoms with Crippen molar-refractivity contribution in [3.63, 3.8) is 0 Å². The van der Waals surface area contributed by atoms with Crippen LogP contribution in [0.5, 0.6) is 5.75 Å². The molecule has 0 aliphatic rings. The average molecular weight is 907 g/mol. The number of hydrogen-bond acceptors (Lipinski definition) is 7. The number of aromatic nitrogens is 2. The van der Waals surface area contributed by atoms with Crippen LogP contribution in [-0.2, 0) is 0 Å². The van der Waals surface area contributed by atoms with E-state index < -0.39 is 25.2 Å². The summed E-state index contributed by atoms with van der Waals surface area (Å²) < 4.78 is 75.2. The summed E-state index contributed by atoms with van der Waals surface area (Å²) in [6.45, 7) is 2.68. The predicted molar refractivity (Wildman–Crippen MR) is 255 cm³/mol. The molecule has 0 bridgehead atoms. The molecule has 64 heavy (non-hydrogen) atoms. The minimum atomic E-state index is -4.10. The highest BCUT2D eigenvalue weighted by Crippen LogP contribution is 2.33. The summed E-state index contributed by atoms with van der Waals surface area (Å²) in [6, 6.07) is 43.1. The van der Waals surface area contributed by atoms with Gasteiger partial charge in [-0.3, -0.25) is 0 Å². The summed E-state index contributed by atoms with van der Waals surface area (Å²) in [5, 5.41) is 17.6. The molecule has 0 spiro atoms. The summed E-state index contributed by atoms with van der Waals surface area (Å²) >= 11 is 3.24. The van der Waals surface area contributed by atoms with E-state index in [0.717, 1.165) is 70.5 Å². The molecular weight excluding hydrogens is 863 g/mol. The summed E-state index contributed by atoms with van der Waals surface area (Å²) in [5.74, 6) is 0.235. The van der Waals surface area contributed by atoms with Crippen molar-refractivity contribution in [1.29, 1.82) is 0 Å². The number of hydrogen-bond donors (Lipinski definition) is 3. The second-order valence-corrected chi connectivity index (χ2v) is 17.2. The number of nitrogens with one attached hydrogen (secondary N) is 2. The lowest BCUT2D eigenvalue weighted by atomic mass is 10.1. The Kier molecular flexibility index (Phi) is 14.8. The van der Waals surface area contributed by atoms with E-state index in [0.29, 0.717) is 6.54 Å². The third-order valence-corrected chi connectivity index (χ3v) is 12.1. The van der Waals surface area contributed by atoms with Crippen molar-refractivity contribution in [2.24, 2.45) is 0 Å². The van der Waals surface area contributed by atoms with Gasteiger partial charge in [0.15, 0.2) is 0 Å². The summed E-state index contributed by atoms with van der Waals surface area (Å²) in [6.07, 6.45) is -1.57. The summed E-state index contributed by atoms with van der Waals surface area (Å²) in [4.78, 5) is 9.35. The number of aryl methyl sites for hydroxylation is 1. The molecule has 0 aliphatic heterocycles. The number of phenolic OH excluding ortho intramolecular Hbond substituents is 1. The van der Waals surface area contributed by atoms with Gasteiger partial charge in [0.05, 0.1) is 20.4 Å². The fourth-order valence-corrected chi connectivity index (χ4v) is 8.59. The molecule has 2 aromatic heterocycles. The Bertz CT molecular complexity index is 2620. The highest BCUT2D eigenvalue weighted by molar-refractivity contribution is 7.22. The number of anilines is 2. The standard InChI is InChI=1S/C26H23F3N2S.C25H21F3N2OS/c1-18-3-14-23-24(17-18)32-25(31-23)21-10-6-19(7-11-21)4-5-20-8-12-22(13-9-20)30-16-2-15-26(27,28)29;26-25(27,28)14-1-15-29-20-10-6-18(7-11-20)3-2-17-4-8-19(9-5-17)24-30-22-13-12-21(31)16-23(22)32-24/h3-14,17,30H,2,15-16H2,1H3;2-13,16,29,31H,1,14-15H2/b5-4+;3-2+. The molecule has 0 saturated carbocycles. The summed E-state index contributed by atoms with van der Waals surface area (Å²) in [7, 11) is 0. The number of thiazole rings is 2. The van der Waals surface area contributed by atoms with Gasteiger partial charge in [-0.15, -0.1) is 22.7 Å². The number of fused-ring (bicyclic) bond motifs is 2. The molecule has 3 N–H and O–H groups in total. The number of halogens is 6. The number of alkyl halides is 6. The Hall–Kier alpha value is -6.44. The first-order valence-corrected chi connectivity index (χ1v) is 22.2. The predicted octanol–water partition coefficient (Wildman–Crippen LogP) is 15.8. The molecule has 6 aromatic carbocycles. The van der Waals surface area contributed by atoms with Crippen molar-refractivity contribution < 1.29 is 31.4 Å². The van der Waals surface area contributed by atoms with Crippen molar-refractivity contribution in [3.05, 3.63) is 161 Å². The van der Waals surface area contributed by atoms with E-state index in [2.05, 4.69) is 65.0 Å². The van der Waals surface area contributed by atoms with E-state index in [1.807, 2.05) is 103 Å². The lowest BCUT2D eigenvalue weighted by molar-refractivity contribution is -0.135. The zero-order valence-electron chi connectivity index (χ0n) is 34.7. The zero-order chi connectivity index (χ0) is 45.1. The van der Waals surface area contributed by atoms with Crippen molar-refractivity contribution >= 4 is 78.8 Å². The minimum absolute atomic E-state index is 0.0562. The largest absolute Gasteiger partial charge is 0.508 e. The molecule has 0 saturated heterocycles. The molecule has 0 radical (unpaired) electrons. The Morgan fingerprint density at radius 2 is 0.875 bits per heavy atom. The van der Waals surface area contributed by atoms with Gasteiger partial charge in [-0.2, -0.15) is 26.3 Å². The maximum absolute atomic E-state index is 12.2. The lowest BCUT2D eigenvalue weighted by Crippen LogP contribution is -2.10. The lowest BCUT2D eigenvalue weighted by Gasteiger charge is -2.08. The smallest absolute Gasteiger partial charge is 0.389 e. The molecule has 0 amide bonds. The first-order valence-electron chi connectivity index (χ1n) is 20.6. The van der Waals surface area contributed by atoms with E-state index in [4.69, 9.17) is 4.98 Å². The maximum Gasteiger partial charge on any atom is 0.389 e. The first-order chi connectivity index (χ1) is 30.7. The third-order valence-electron chi connectivity index (χ3n) is 9.92. The van der Waals surface area contributed by atoms with Gasteiger partial charge in [0.1, 0.15) is 15.8 Å². The molecule has 5 nitrogen and oxygen atoms in total. The van der Waals surface area contributed by atoms with Gasteiger partial charge in [0.2, 0.25) is 0 Å². The SMILES string of the molecule is Cc1ccc2nc(-c3ccc(/C=C/c4ccc(NCCCC(F)(F)F)cc4)cc3)sc2c1.Oc1ccc2nc(-c3ccc(/C=C/c4ccc(NCCCC(F)(F)F)cc4)cc3)sc2c1. The second-order valence-electron chi connectivity index (χ2n) is 15.1. The Balaban J connectivity index is 0.000000191. The fourth-order valence-electron chi connectivity index (χ4n) is 6.52. The third kappa shape index (κ3) is 13.8. The van der Waals surface area contributed by atoms with E-state index in [-0.39, 0.29) is 25.1 Å². The fraction of sp³-hybridized carbons (Fsp3) is 0.176. The van der Waals surface area contributed by atoms with Gasteiger partial charge < -0.3 is 15.7 Å². The second kappa shape index (κ2) is 20.8. The van der Waals surface area contributed by atoms with E-state index >= 15 is 0 Å². The number of rotatable bonds is 14. The highest BCUT2D eigenvalue weighted by atomic mass is 32.1. The van der Waals surface area contributed by atoms with Gasteiger partial charge in [-0.1, -0.05) is 103 Å². The normalized spacial score (nSPS) is 12.0. The Labute approximate surface area is 375 Å². The van der Waals surface area contributed by atoms with Crippen LogP contribution in [0.2, 0.25) is 0 Å². The number of phenols is 1. The quantitative estimate of drug-likeness (QED) is 0.0576. The van der Waals surface area contributed by atoms with Crippen molar-refractivity contribution in [3.8, 4) is 26.9 Å². The molecule has 0 unspecified atom stereocenters. The minimum Gasteiger partial charge on any atom is -0.508 e. The molecule has 2 heterocycles. The van der Waals surface area contributed by atoms with Gasteiger partial charge in [0, 0.05) is 48.4 Å². The zero-order valence-corrected chi connectivity index (χ0v) is 36.3. The van der Waals surface area contributed by atoms with Crippen LogP contribution in [-0.4, -0.2) is 40.5 Å². The van der Waals surface area contributed by atoms with E-state index in [1.165, 1.54) is 21.6 Å². The van der Waals surface area contributed by atoms with Gasteiger partial charge >= 0.3 is 12.4 Å². The molecule has 0 aliphatic carbocycles. The number of nitrogens with zero attached hydrogens (tertiary/aromatic N) is 2. The van der Waals surface area contributed by atoms with Crippen molar-refractivity contribution in [2.75, 3.05) is 23.7 Å². The van der Waals surface area contributed by atoms with E-state index in [1.54, 1.807) is 23.5 Å². The van der Waals surface area contributed by atoms with Crippen LogP contribution in [0, 0.1) is 6.92 Å². The molecule has 0 atom stereocenters. The van der Waals surface area contributed by atoms with Crippen LogP contribution in [0.15, 0.2) is 133 Å². The topological polar surface area (TPSA) is 70.1 Å².